The Morgan fingerprint density at radius 1 is 1.25 bits per heavy atom. The van der Waals surface area contributed by atoms with Gasteiger partial charge in [0.05, 0.1) is 29.5 Å². The van der Waals surface area contributed by atoms with E-state index in [1.807, 2.05) is 4.57 Å². The van der Waals surface area contributed by atoms with Crippen LogP contribution in [-0.2, 0) is 26.0 Å². The minimum absolute atomic E-state index is 0.0836. The second kappa shape index (κ2) is 9.59. The van der Waals surface area contributed by atoms with Crippen LogP contribution in [0.4, 0.5) is 5.82 Å². The van der Waals surface area contributed by atoms with Crippen molar-refractivity contribution in [3.8, 4) is 0 Å². The van der Waals surface area contributed by atoms with Crippen LogP contribution in [0.5, 0.6) is 0 Å². The zero-order valence-corrected chi connectivity index (χ0v) is 18.1. The highest BCUT2D eigenvalue weighted by Crippen LogP contribution is 2.16. The zero-order valence-electron chi connectivity index (χ0n) is 17.3. The van der Waals surface area contributed by atoms with Gasteiger partial charge in [-0.2, -0.15) is 0 Å². The summed E-state index contributed by atoms with van der Waals surface area (Å²) < 4.78 is 39.9. The molecule has 4 rings (SSSR count). The number of nitrogen functional groups attached to an aromatic ring is 1. The first kappa shape index (κ1) is 22.1. The van der Waals surface area contributed by atoms with Crippen LogP contribution in [-0.4, -0.2) is 59.8 Å². The van der Waals surface area contributed by atoms with Gasteiger partial charge < -0.3 is 19.8 Å². The maximum absolute atomic E-state index is 12.4. The summed E-state index contributed by atoms with van der Waals surface area (Å²) in [6.07, 6.45) is 5.21. The fourth-order valence-electron chi connectivity index (χ4n) is 3.41. The number of hydrogen-bond donors (Lipinski definition) is 2. The van der Waals surface area contributed by atoms with Gasteiger partial charge in [0.25, 0.3) is 0 Å². The Morgan fingerprint density at radius 3 is 2.81 bits per heavy atom. The van der Waals surface area contributed by atoms with Gasteiger partial charge in [0.2, 0.25) is 10.0 Å². The fourth-order valence-corrected chi connectivity index (χ4v) is 4.47. The molecule has 3 aromatic rings. The van der Waals surface area contributed by atoms with E-state index in [9.17, 15) is 13.2 Å². The Hall–Kier alpha value is -3.09. The minimum Gasteiger partial charge on any atom is -0.462 e. The summed E-state index contributed by atoms with van der Waals surface area (Å²) in [5.41, 5.74) is 7.19. The lowest BCUT2D eigenvalue weighted by Gasteiger charge is -2.11. The second-order valence-electron chi connectivity index (χ2n) is 7.37. The second-order valence-corrected chi connectivity index (χ2v) is 9.14. The lowest BCUT2D eigenvalue weighted by atomic mass is 10.2. The number of benzene rings is 1. The number of hydrogen-bond acceptors (Lipinski definition) is 9. The molecule has 0 amide bonds. The Labute approximate surface area is 185 Å². The number of carbonyl (C=O) groups excluding carboxylic acids is 1. The van der Waals surface area contributed by atoms with Crippen molar-refractivity contribution in [3.63, 3.8) is 0 Å². The first-order chi connectivity index (χ1) is 15.4. The lowest BCUT2D eigenvalue weighted by molar-refractivity contribution is 0.0496. The highest BCUT2D eigenvalue weighted by molar-refractivity contribution is 7.89. The summed E-state index contributed by atoms with van der Waals surface area (Å²) in [6, 6.07) is 5.64. The number of esters is 1. The maximum Gasteiger partial charge on any atom is 0.338 e. The van der Waals surface area contributed by atoms with Crippen LogP contribution in [0, 0.1) is 0 Å². The van der Waals surface area contributed by atoms with E-state index in [4.69, 9.17) is 15.2 Å². The van der Waals surface area contributed by atoms with Crippen LogP contribution < -0.4 is 10.5 Å². The van der Waals surface area contributed by atoms with Gasteiger partial charge in [-0.3, -0.25) is 0 Å². The first-order valence-electron chi connectivity index (χ1n) is 10.2. The van der Waals surface area contributed by atoms with Gasteiger partial charge in [0, 0.05) is 19.7 Å². The van der Waals surface area contributed by atoms with Crippen LogP contribution in [0.1, 0.15) is 29.6 Å². The molecule has 1 fully saturated rings. The van der Waals surface area contributed by atoms with Crippen LogP contribution in [0.2, 0.25) is 0 Å². The molecule has 12 heteroatoms. The van der Waals surface area contributed by atoms with Crippen molar-refractivity contribution >= 4 is 33.0 Å². The molecule has 1 saturated heterocycles. The monoisotopic (exact) mass is 460 g/mol. The Kier molecular flexibility index (Phi) is 6.63. The third-order valence-electron chi connectivity index (χ3n) is 5.13. The fraction of sp³-hybridized carbons (Fsp3) is 0.400. The Bertz CT molecular complexity index is 1190. The van der Waals surface area contributed by atoms with E-state index in [-0.39, 0.29) is 29.7 Å². The van der Waals surface area contributed by atoms with Crippen LogP contribution >= 0.6 is 0 Å². The topological polar surface area (TPSA) is 151 Å². The summed E-state index contributed by atoms with van der Waals surface area (Å²) in [6.45, 7) is 1.61. The number of ether oxygens (including phenoxy) is 2. The first-order valence-corrected chi connectivity index (χ1v) is 11.7. The molecule has 1 unspecified atom stereocenters. The van der Waals surface area contributed by atoms with E-state index in [2.05, 4.69) is 19.7 Å². The molecule has 1 aliphatic heterocycles. The van der Waals surface area contributed by atoms with Crippen molar-refractivity contribution in [3.05, 3.63) is 42.5 Å². The van der Waals surface area contributed by atoms with E-state index in [0.29, 0.717) is 36.6 Å². The Balaban J connectivity index is 1.26. The molecule has 3 heterocycles. The number of imidazole rings is 1. The molecular formula is C20H24N6O5S. The molecule has 1 aliphatic rings. The average Bonchev–Trinajstić information content (AvgIpc) is 3.46. The molecule has 11 nitrogen and oxygen atoms in total. The number of aromatic nitrogens is 4. The highest BCUT2D eigenvalue weighted by Gasteiger charge is 2.20. The molecule has 0 radical (unpaired) electrons. The minimum atomic E-state index is -3.67. The van der Waals surface area contributed by atoms with Crippen molar-refractivity contribution in [2.24, 2.45) is 0 Å². The van der Waals surface area contributed by atoms with E-state index >= 15 is 0 Å². The van der Waals surface area contributed by atoms with Crippen LogP contribution in [0.25, 0.3) is 11.2 Å². The smallest absolute Gasteiger partial charge is 0.338 e. The van der Waals surface area contributed by atoms with Crippen molar-refractivity contribution in [1.82, 2.24) is 24.2 Å². The number of fused-ring (bicyclic) bond motifs is 1. The van der Waals surface area contributed by atoms with Gasteiger partial charge >= 0.3 is 5.97 Å². The molecule has 170 valence electrons. The number of anilines is 1. The van der Waals surface area contributed by atoms with Crippen LogP contribution in [0.3, 0.4) is 0 Å². The number of nitrogens with one attached hydrogen (secondary N) is 1. The molecule has 0 spiro atoms. The molecule has 1 aromatic carbocycles. The van der Waals surface area contributed by atoms with Gasteiger partial charge in [0.15, 0.2) is 11.5 Å². The molecule has 3 N–H and O–H groups in total. The standard InChI is InChI=1S/C20H24N6O5S/c21-18-17-19(23-12-22-18)26(13-24-17)8-2-10-31-20(27)14-4-6-16(7-5-14)32(28,29)25-11-15-3-1-9-30-15/h4-7,12-13,15,25H,1-3,8-11H2,(H2,21,22,23). The van der Waals surface area contributed by atoms with Crippen molar-refractivity contribution in [1.29, 1.82) is 0 Å². The van der Waals surface area contributed by atoms with Gasteiger partial charge in [-0.25, -0.2) is 32.9 Å². The number of rotatable bonds is 9. The SMILES string of the molecule is Nc1ncnc2c1ncn2CCCOC(=O)c1ccc(S(=O)(=O)NCC2CCCO2)cc1. The maximum atomic E-state index is 12.4. The number of nitrogens with two attached hydrogens (primary N) is 1. The van der Waals surface area contributed by atoms with Gasteiger partial charge in [-0.15, -0.1) is 0 Å². The number of carbonyl (C=O) groups is 1. The normalized spacial score (nSPS) is 16.4. The van der Waals surface area contributed by atoms with Crippen molar-refractivity contribution in [2.75, 3.05) is 25.5 Å². The van der Waals surface area contributed by atoms with Crippen molar-refractivity contribution < 1.29 is 22.7 Å². The van der Waals surface area contributed by atoms with E-state index in [1.165, 1.54) is 30.6 Å². The highest BCUT2D eigenvalue weighted by atomic mass is 32.2. The third-order valence-corrected chi connectivity index (χ3v) is 6.57. The average molecular weight is 461 g/mol. The van der Waals surface area contributed by atoms with Crippen LogP contribution in [0.15, 0.2) is 41.8 Å². The van der Waals surface area contributed by atoms with E-state index in [1.54, 1.807) is 6.33 Å². The zero-order chi connectivity index (χ0) is 22.6. The Morgan fingerprint density at radius 2 is 2.06 bits per heavy atom. The predicted molar refractivity (Wildman–Crippen MR) is 115 cm³/mol. The van der Waals surface area contributed by atoms with Gasteiger partial charge in [-0.05, 0) is 43.5 Å². The largest absolute Gasteiger partial charge is 0.462 e. The number of aryl methyl sites for hydroxylation is 1. The van der Waals surface area contributed by atoms with E-state index < -0.39 is 16.0 Å². The van der Waals surface area contributed by atoms with Gasteiger partial charge in [0.1, 0.15) is 11.8 Å². The summed E-state index contributed by atoms with van der Waals surface area (Å²) in [5.74, 6) is -0.212. The number of sulfonamides is 1. The summed E-state index contributed by atoms with van der Waals surface area (Å²) in [4.78, 5) is 24.6. The molecule has 2 aromatic heterocycles. The van der Waals surface area contributed by atoms with Crippen molar-refractivity contribution in [2.45, 2.75) is 36.8 Å². The van der Waals surface area contributed by atoms with E-state index in [0.717, 1.165) is 12.8 Å². The quantitative estimate of drug-likeness (QED) is 0.353. The molecule has 1 atom stereocenters. The number of nitrogens with zero attached hydrogens (tertiary/aromatic N) is 4. The summed E-state index contributed by atoms with van der Waals surface area (Å²) in [5, 5.41) is 0. The summed E-state index contributed by atoms with van der Waals surface area (Å²) >= 11 is 0. The molecule has 32 heavy (non-hydrogen) atoms. The molecule has 0 saturated carbocycles. The summed E-state index contributed by atoms with van der Waals surface area (Å²) in [7, 11) is -3.67. The molecule has 0 bridgehead atoms. The predicted octanol–water partition coefficient (Wildman–Crippen LogP) is 1.11. The molecular weight excluding hydrogens is 436 g/mol. The lowest BCUT2D eigenvalue weighted by Crippen LogP contribution is -2.31. The third kappa shape index (κ3) is 5.03. The molecule has 0 aliphatic carbocycles. The van der Waals surface area contributed by atoms with Gasteiger partial charge in [-0.1, -0.05) is 0 Å².